The van der Waals surface area contributed by atoms with E-state index in [-0.39, 0.29) is 25.5 Å². The van der Waals surface area contributed by atoms with Crippen LogP contribution in [0, 0.1) is 8.99 Å². The molecule has 5 aliphatic rings. The highest BCUT2D eigenvalue weighted by atomic mass is 127. The van der Waals surface area contributed by atoms with Crippen molar-refractivity contribution < 1.29 is 33.7 Å². The van der Waals surface area contributed by atoms with Crippen LogP contribution in [-0.4, -0.2) is 71.4 Å². The zero-order chi connectivity index (χ0) is 25.4. The van der Waals surface area contributed by atoms with Gasteiger partial charge in [0, 0.05) is 29.4 Å². The molecule has 37 heavy (non-hydrogen) atoms. The van der Waals surface area contributed by atoms with Crippen LogP contribution in [0.5, 0.6) is 0 Å². The fourth-order valence-corrected chi connectivity index (χ4v) is 7.52. The van der Waals surface area contributed by atoms with E-state index in [4.69, 9.17) is 19.0 Å². The lowest BCUT2D eigenvalue weighted by Crippen LogP contribution is -2.69. The van der Waals surface area contributed by atoms with Crippen LogP contribution in [0.3, 0.4) is 0 Å². The Labute approximate surface area is 227 Å². The van der Waals surface area contributed by atoms with Gasteiger partial charge in [0.2, 0.25) is 5.91 Å². The second kappa shape index (κ2) is 8.72. The van der Waals surface area contributed by atoms with Crippen LogP contribution in [0.25, 0.3) is 0 Å². The van der Waals surface area contributed by atoms with Gasteiger partial charge >= 0.3 is 5.97 Å². The molecule has 1 saturated carbocycles. The third-order valence-corrected chi connectivity index (χ3v) is 9.01. The summed E-state index contributed by atoms with van der Waals surface area (Å²) in [6.07, 6.45) is -1.07. The SMILES string of the molecule is O=C1O[C@@H]2C[C@@]3(C(=O)NCCO)[C@H](ON(Cc4cccc(I)c4)[C@@H]13)[C@H]1OC3(Cc4ccccc4C3)O[C@H]12. The van der Waals surface area contributed by atoms with Gasteiger partial charge in [-0.15, -0.1) is 0 Å². The van der Waals surface area contributed by atoms with E-state index in [2.05, 4.69) is 40.0 Å². The maximum absolute atomic E-state index is 13.8. The summed E-state index contributed by atoms with van der Waals surface area (Å²) < 4.78 is 20.3. The maximum atomic E-state index is 13.8. The molecular weight excluding hydrogens is 591 g/mol. The van der Waals surface area contributed by atoms with Gasteiger partial charge in [-0.2, -0.15) is 5.06 Å². The van der Waals surface area contributed by atoms with E-state index >= 15 is 0 Å². The summed E-state index contributed by atoms with van der Waals surface area (Å²) in [6.45, 7) is 0.189. The number of hydroxylamine groups is 2. The fraction of sp³-hybridized carbons (Fsp3) is 0.481. The van der Waals surface area contributed by atoms with Crippen molar-refractivity contribution in [3.05, 3.63) is 68.8 Å². The molecular formula is C27H27IN2O7. The van der Waals surface area contributed by atoms with Crippen molar-refractivity contribution in [1.82, 2.24) is 10.4 Å². The van der Waals surface area contributed by atoms with E-state index in [1.165, 1.54) is 11.1 Å². The minimum Gasteiger partial charge on any atom is -0.458 e. The van der Waals surface area contributed by atoms with Gasteiger partial charge in [-0.25, -0.2) is 0 Å². The smallest absolute Gasteiger partial charge is 0.327 e. The highest BCUT2D eigenvalue weighted by Crippen LogP contribution is 2.58. The topological polar surface area (TPSA) is 107 Å². The lowest BCUT2D eigenvalue weighted by molar-refractivity contribution is -0.217. The predicted octanol–water partition coefficient (Wildman–Crippen LogP) is 1.48. The van der Waals surface area contributed by atoms with Gasteiger partial charge in [0.1, 0.15) is 29.8 Å². The molecule has 3 heterocycles. The van der Waals surface area contributed by atoms with Crippen LogP contribution in [0.1, 0.15) is 23.1 Å². The number of halogens is 1. The number of aliphatic hydroxyl groups excluding tert-OH is 1. The number of fused-ring (bicyclic) bond motifs is 5. The van der Waals surface area contributed by atoms with E-state index in [0.717, 1.165) is 9.13 Å². The molecule has 10 heteroatoms. The first kappa shape index (κ1) is 24.0. The van der Waals surface area contributed by atoms with Gasteiger partial charge < -0.3 is 24.6 Å². The Morgan fingerprint density at radius 1 is 1.11 bits per heavy atom. The van der Waals surface area contributed by atoms with Crippen LogP contribution in [-0.2, 0) is 48.0 Å². The van der Waals surface area contributed by atoms with Gasteiger partial charge in [0.25, 0.3) is 0 Å². The van der Waals surface area contributed by atoms with E-state index < -0.39 is 47.6 Å². The zero-order valence-electron chi connectivity index (χ0n) is 20.0. The molecule has 0 unspecified atom stereocenters. The van der Waals surface area contributed by atoms with E-state index in [1.807, 2.05) is 36.4 Å². The first-order valence-corrected chi connectivity index (χ1v) is 13.7. The maximum Gasteiger partial charge on any atom is 0.327 e. The molecule has 9 nitrogen and oxygen atoms in total. The molecule has 0 radical (unpaired) electrons. The third-order valence-electron chi connectivity index (χ3n) is 8.34. The molecule has 2 aliphatic carbocycles. The number of carbonyl (C=O) groups excluding carboxylic acids is 2. The average Bonchev–Trinajstić information content (AvgIpc) is 3.54. The number of nitrogens with zero attached hydrogens (tertiary/aromatic N) is 1. The van der Waals surface area contributed by atoms with Gasteiger partial charge in [0.05, 0.1) is 13.2 Å². The molecule has 3 aliphatic heterocycles. The summed E-state index contributed by atoms with van der Waals surface area (Å²) in [4.78, 5) is 33.8. The summed E-state index contributed by atoms with van der Waals surface area (Å²) in [5.74, 6) is -1.71. The Bertz CT molecular complexity index is 1250. The fourth-order valence-electron chi connectivity index (χ4n) is 6.91. The van der Waals surface area contributed by atoms with E-state index in [9.17, 15) is 14.7 Å². The van der Waals surface area contributed by atoms with Crippen molar-refractivity contribution in [1.29, 1.82) is 0 Å². The number of ether oxygens (including phenoxy) is 3. The number of nitrogens with one attached hydrogen (secondary N) is 1. The molecule has 1 spiro atoms. The number of rotatable bonds is 5. The Hall–Kier alpha value is -2.09. The van der Waals surface area contributed by atoms with Gasteiger partial charge in [-0.3, -0.25) is 14.4 Å². The van der Waals surface area contributed by atoms with Crippen LogP contribution < -0.4 is 5.32 Å². The van der Waals surface area contributed by atoms with Crippen molar-refractivity contribution in [3.63, 3.8) is 0 Å². The van der Waals surface area contributed by atoms with Crippen LogP contribution in [0.4, 0.5) is 0 Å². The van der Waals surface area contributed by atoms with Crippen molar-refractivity contribution in [2.75, 3.05) is 13.2 Å². The van der Waals surface area contributed by atoms with Crippen LogP contribution in [0.15, 0.2) is 48.5 Å². The first-order chi connectivity index (χ1) is 17.9. The summed E-state index contributed by atoms with van der Waals surface area (Å²) in [5, 5.41) is 13.8. The second-order valence-electron chi connectivity index (χ2n) is 10.5. The monoisotopic (exact) mass is 618 g/mol. The Morgan fingerprint density at radius 2 is 1.86 bits per heavy atom. The first-order valence-electron chi connectivity index (χ1n) is 12.6. The van der Waals surface area contributed by atoms with Crippen molar-refractivity contribution in [2.45, 2.75) is 62.1 Å². The van der Waals surface area contributed by atoms with E-state index in [0.29, 0.717) is 19.4 Å². The number of hydrogen-bond acceptors (Lipinski definition) is 8. The quantitative estimate of drug-likeness (QED) is 0.384. The number of amides is 1. The molecule has 6 atom stereocenters. The average molecular weight is 618 g/mol. The predicted molar refractivity (Wildman–Crippen MR) is 137 cm³/mol. The number of aliphatic hydroxyl groups is 1. The minimum absolute atomic E-state index is 0.0846. The number of carbonyl (C=O) groups is 2. The molecule has 2 aromatic rings. The van der Waals surface area contributed by atoms with Crippen molar-refractivity contribution in [2.24, 2.45) is 5.41 Å². The lowest BCUT2D eigenvalue weighted by atomic mass is 9.62. The Kier molecular flexibility index (Phi) is 5.65. The molecule has 2 bridgehead atoms. The molecule has 2 aromatic carbocycles. The molecule has 3 saturated heterocycles. The largest absolute Gasteiger partial charge is 0.458 e. The van der Waals surface area contributed by atoms with Crippen molar-refractivity contribution >= 4 is 34.5 Å². The van der Waals surface area contributed by atoms with Gasteiger partial charge in [-0.05, 0) is 51.4 Å². The molecule has 7 rings (SSSR count). The summed E-state index contributed by atoms with van der Waals surface area (Å²) in [6, 6.07) is 15.1. The number of benzene rings is 2. The van der Waals surface area contributed by atoms with Crippen molar-refractivity contribution in [3.8, 4) is 0 Å². The molecule has 0 aromatic heterocycles. The number of esters is 1. The molecule has 4 fully saturated rings. The standard InChI is InChI=1S/C27H27IN2O7/c28-18-7-3-4-15(10-18)14-30-22-24(32)34-19-13-27(22,25(33)29-8-9-31)23(37-30)21-20(19)35-26(36-21)11-16-5-1-2-6-17(16)12-26/h1-7,10,19-23,31H,8-9,11-14H2,(H,29,33)/t19-,20+,21+,22+,23-,27+/m1/s1. The normalized spacial score (nSPS) is 34.8. The summed E-state index contributed by atoms with van der Waals surface area (Å²) in [7, 11) is 0. The molecule has 194 valence electrons. The molecule has 1 amide bonds. The van der Waals surface area contributed by atoms with E-state index in [1.54, 1.807) is 5.06 Å². The Morgan fingerprint density at radius 3 is 2.59 bits per heavy atom. The van der Waals surface area contributed by atoms with Gasteiger partial charge in [0.15, 0.2) is 11.8 Å². The van der Waals surface area contributed by atoms with Gasteiger partial charge in [-0.1, -0.05) is 36.4 Å². The second-order valence-corrected chi connectivity index (χ2v) is 11.8. The molecule has 2 N–H and O–H groups in total. The lowest BCUT2D eigenvalue weighted by Gasteiger charge is -2.48. The number of hydrogen-bond donors (Lipinski definition) is 2. The third kappa shape index (κ3) is 3.60. The van der Waals surface area contributed by atoms with Crippen LogP contribution >= 0.6 is 22.6 Å². The Balaban J connectivity index is 1.27. The zero-order valence-corrected chi connectivity index (χ0v) is 22.1. The van der Waals surface area contributed by atoms with Crippen LogP contribution in [0.2, 0.25) is 0 Å². The highest BCUT2D eigenvalue weighted by molar-refractivity contribution is 14.1. The highest BCUT2D eigenvalue weighted by Gasteiger charge is 2.76. The summed E-state index contributed by atoms with van der Waals surface area (Å²) >= 11 is 2.24. The summed E-state index contributed by atoms with van der Waals surface area (Å²) in [5.41, 5.74) is 2.07. The minimum atomic E-state index is -1.22.